The molecule has 0 saturated heterocycles. The number of rotatable bonds is 4. The molecule has 0 aliphatic carbocycles. The van der Waals surface area contributed by atoms with Gasteiger partial charge in [0, 0.05) is 17.7 Å². The van der Waals surface area contributed by atoms with Gasteiger partial charge in [-0.1, -0.05) is 48.5 Å². The minimum Gasteiger partial charge on any atom is -0.278 e. The first-order chi connectivity index (χ1) is 12.7. The van der Waals surface area contributed by atoms with Gasteiger partial charge in [-0.2, -0.15) is 5.10 Å². The standard InChI is InChI=1S/C21H15N3O2/c25-24(26)18-11-9-17(10-12-18)23-22-14-21-19-7-3-1-5-15(19)13-16-6-2-4-8-20(16)21/h1-14,23H/b22-14-. The van der Waals surface area contributed by atoms with Crippen LogP contribution in [-0.2, 0) is 0 Å². The number of fused-ring (bicyclic) bond motifs is 2. The predicted octanol–water partition coefficient (Wildman–Crippen LogP) is 5.35. The van der Waals surface area contributed by atoms with Crippen LogP contribution in [0.4, 0.5) is 11.4 Å². The van der Waals surface area contributed by atoms with Crippen LogP contribution in [0, 0.1) is 10.1 Å². The van der Waals surface area contributed by atoms with E-state index in [9.17, 15) is 10.1 Å². The Balaban J connectivity index is 1.71. The summed E-state index contributed by atoms with van der Waals surface area (Å²) in [4.78, 5) is 10.3. The number of hydrazone groups is 1. The number of hydrogen-bond acceptors (Lipinski definition) is 4. The lowest BCUT2D eigenvalue weighted by Gasteiger charge is -2.08. The SMILES string of the molecule is O=[N+]([O-])c1ccc(N/N=C\c2c3ccccc3cc3ccccc23)cc1. The molecule has 0 bridgehead atoms. The van der Waals surface area contributed by atoms with E-state index >= 15 is 0 Å². The first-order valence-corrected chi connectivity index (χ1v) is 8.16. The predicted molar refractivity (Wildman–Crippen MR) is 106 cm³/mol. The van der Waals surface area contributed by atoms with Gasteiger partial charge in [-0.25, -0.2) is 0 Å². The summed E-state index contributed by atoms with van der Waals surface area (Å²) < 4.78 is 0. The summed E-state index contributed by atoms with van der Waals surface area (Å²) in [5, 5.41) is 19.6. The molecule has 126 valence electrons. The minimum atomic E-state index is -0.421. The Morgan fingerprint density at radius 2 is 1.42 bits per heavy atom. The van der Waals surface area contributed by atoms with Gasteiger partial charge >= 0.3 is 0 Å². The van der Waals surface area contributed by atoms with Crippen LogP contribution in [0.15, 0.2) is 84.0 Å². The molecule has 0 heterocycles. The Morgan fingerprint density at radius 3 is 2.00 bits per heavy atom. The molecule has 4 aromatic rings. The minimum absolute atomic E-state index is 0.0552. The molecule has 1 N–H and O–H groups in total. The van der Waals surface area contributed by atoms with Gasteiger partial charge in [0.25, 0.3) is 5.69 Å². The van der Waals surface area contributed by atoms with E-state index < -0.39 is 4.92 Å². The van der Waals surface area contributed by atoms with Crippen molar-refractivity contribution in [2.75, 3.05) is 5.43 Å². The van der Waals surface area contributed by atoms with Crippen LogP contribution in [0.5, 0.6) is 0 Å². The third kappa shape index (κ3) is 2.98. The maximum absolute atomic E-state index is 10.7. The zero-order chi connectivity index (χ0) is 17.9. The maximum Gasteiger partial charge on any atom is 0.269 e. The van der Waals surface area contributed by atoms with E-state index in [0.29, 0.717) is 5.69 Å². The number of non-ortho nitro benzene ring substituents is 1. The van der Waals surface area contributed by atoms with Crippen LogP contribution in [0.3, 0.4) is 0 Å². The number of anilines is 1. The molecule has 0 aliphatic heterocycles. The lowest BCUT2D eigenvalue weighted by molar-refractivity contribution is -0.384. The van der Waals surface area contributed by atoms with E-state index in [1.807, 2.05) is 24.3 Å². The van der Waals surface area contributed by atoms with Crippen molar-refractivity contribution in [3.05, 3.63) is 94.5 Å². The van der Waals surface area contributed by atoms with Crippen molar-refractivity contribution < 1.29 is 4.92 Å². The summed E-state index contributed by atoms with van der Waals surface area (Å²) in [7, 11) is 0. The van der Waals surface area contributed by atoms with Crippen molar-refractivity contribution in [3.63, 3.8) is 0 Å². The topological polar surface area (TPSA) is 67.5 Å². The van der Waals surface area contributed by atoms with Crippen molar-refractivity contribution in [2.45, 2.75) is 0 Å². The van der Waals surface area contributed by atoms with Gasteiger partial charge in [-0.05, 0) is 39.7 Å². The molecule has 0 radical (unpaired) electrons. The van der Waals surface area contributed by atoms with E-state index in [-0.39, 0.29) is 5.69 Å². The summed E-state index contributed by atoms with van der Waals surface area (Å²) in [6.45, 7) is 0. The quantitative estimate of drug-likeness (QED) is 0.235. The fraction of sp³-hybridized carbons (Fsp3) is 0. The number of nitro groups is 1. The van der Waals surface area contributed by atoms with E-state index in [1.165, 1.54) is 12.1 Å². The van der Waals surface area contributed by atoms with E-state index in [0.717, 1.165) is 27.1 Å². The molecule has 26 heavy (non-hydrogen) atoms. The Hall–Kier alpha value is -3.73. The van der Waals surface area contributed by atoms with E-state index in [1.54, 1.807) is 18.3 Å². The van der Waals surface area contributed by atoms with Gasteiger partial charge in [0.05, 0.1) is 16.8 Å². The highest BCUT2D eigenvalue weighted by atomic mass is 16.6. The highest BCUT2D eigenvalue weighted by Crippen LogP contribution is 2.27. The van der Waals surface area contributed by atoms with Crippen molar-refractivity contribution >= 4 is 39.1 Å². The van der Waals surface area contributed by atoms with Gasteiger partial charge in [0.15, 0.2) is 0 Å². The Labute approximate surface area is 149 Å². The summed E-state index contributed by atoms with van der Waals surface area (Å²) in [5.41, 5.74) is 4.72. The second-order valence-electron chi connectivity index (χ2n) is 5.91. The number of nitro benzene ring substituents is 1. The molecule has 0 saturated carbocycles. The molecule has 4 aromatic carbocycles. The van der Waals surface area contributed by atoms with E-state index in [4.69, 9.17) is 0 Å². The van der Waals surface area contributed by atoms with Gasteiger partial charge in [-0.3, -0.25) is 15.5 Å². The van der Waals surface area contributed by atoms with Gasteiger partial charge in [0.1, 0.15) is 0 Å². The second-order valence-corrected chi connectivity index (χ2v) is 5.91. The normalized spacial score (nSPS) is 11.2. The van der Waals surface area contributed by atoms with Gasteiger partial charge in [0.2, 0.25) is 0 Å². The summed E-state index contributed by atoms with van der Waals surface area (Å²) in [6, 6.07) is 24.7. The zero-order valence-corrected chi connectivity index (χ0v) is 13.8. The smallest absolute Gasteiger partial charge is 0.269 e. The first-order valence-electron chi connectivity index (χ1n) is 8.16. The number of nitrogens with one attached hydrogen (secondary N) is 1. The van der Waals surface area contributed by atoms with Gasteiger partial charge < -0.3 is 0 Å². The molecule has 0 fully saturated rings. The maximum atomic E-state index is 10.7. The largest absolute Gasteiger partial charge is 0.278 e. The van der Waals surface area contributed by atoms with E-state index in [2.05, 4.69) is 40.9 Å². The average molecular weight is 341 g/mol. The molecule has 5 heteroatoms. The molecule has 0 atom stereocenters. The number of nitrogens with zero attached hydrogens (tertiary/aromatic N) is 2. The average Bonchev–Trinajstić information content (AvgIpc) is 2.68. The van der Waals surface area contributed by atoms with Crippen molar-refractivity contribution in [2.24, 2.45) is 5.10 Å². The third-order valence-electron chi connectivity index (χ3n) is 4.28. The fourth-order valence-corrected chi connectivity index (χ4v) is 3.02. The number of benzene rings is 4. The summed E-state index contributed by atoms with van der Waals surface area (Å²) in [6.07, 6.45) is 1.80. The second kappa shape index (κ2) is 6.64. The van der Waals surface area contributed by atoms with Crippen LogP contribution in [-0.4, -0.2) is 11.1 Å². The summed E-state index contributed by atoms with van der Waals surface area (Å²) >= 11 is 0. The first kappa shape index (κ1) is 15.8. The van der Waals surface area contributed by atoms with Gasteiger partial charge in [-0.15, -0.1) is 0 Å². The van der Waals surface area contributed by atoms with Crippen LogP contribution < -0.4 is 5.43 Å². The fourth-order valence-electron chi connectivity index (χ4n) is 3.02. The molecule has 4 rings (SSSR count). The Morgan fingerprint density at radius 1 is 0.846 bits per heavy atom. The van der Waals surface area contributed by atoms with Crippen LogP contribution >= 0.6 is 0 Å². The Kier molecular flexibility index (Phi) is 4.03. The van der Waals surface area contributed by atoms with Crippen LogP contribution in [0.25, 0.3) is 21.5 Å². The lowest BCUT2D eigenvalue weighted by atomic mass is 9.97. The highest BCUT2D eigenvalue weighted by molar-refractivity contribution is 6.13. The lowest BCUT2D eigenvalue weighted by Crippen LogP contribution is -1.94. The highest BCUT2D eigenvalue weighted by Gasteiger charge is 2.06. The van der Waals surface area contributed by atoms with Crippen molar-refractivity contribution in [1.82, 2.24) is 0 Å². The molecule has 0 aliphatic rings. The molecule has 0 unspecified atom stereocenters. The van der Waals surface area contributed by atoms with Crippen LogP contribution in [0.1, 0.15) is 5.56 Å². The molecule has 0 spiro atoms. The van der Waals surface area contributed by atoms with Crippen molar-refractivity contribution in [3.8, 4) is 0 Å². The summed E-state index contributed by atoms with van der Waals surface area (Å²) in [5.74, 6) is 0. The molecule has 0 aromatic heterocycles. The molecular weight excluding hydrogens is 326 g/mol. The molecule has 0 amide bonds. The Bertz CT molecular complexity index is 1080. The van der Waals surface area contributed by atoms with Crippen molar-refractivity contribution in [1.29, 1.82) is 0 Å². The third-order valence-corrected chi connectivity index (χ3v) is 4.28. The number of hydrogen-bond donors (Lipinski definition) is 1. The monoisotopic (exact) mass is 341 g/mol. The molecular formula is C21H15N3O2. The van der Waals surface area contributed by atoms with Crippen LogP contribution in [0.2, 0.25) is 0 Å². The zero-order valence-electron chi connectivity index (χ0n) is 13.8. The molecule has 5 nitrogen and oxygen atoms in total.